The number of benzene rings is 2. The Hall–Kier alpha value is -4.61. The molecule has 0 aliphatic carbocycles. The number of amides is 1. The van der Waals surface area contributed by atoms with Gasteiger partial charge in [-0.3, -0.25) is 9.59 Å². The molecule has 0 saturated carbocycles. The standard InChI is InChI=1S/C20H19N7O5/c21-17-13-9-12(5-6-14(13)24-20(22)25-17)27-26-11-3-1-10(2-4-11)18(30)23-15(19(31)32)7-8-16(28)29/h1-6,9,15H,7-8H2,(H,23,30)(H,28,29)(H,31,32)(H4,21,22,24,25)/t15-/m0/s1. The van der Waals surface area contributed by atoms with Crippen molar-refractivity contribution >= 4 is 51.9 Å². The number of fused-ring (bicyclic) bond motifs is 1. The second kappa shape index (κ2) is 9.47. The third kappa shape index (κ3) is 5.50. The van der Waals surface area contributed by atoms with Crippen molar-refractivity contribution in [1.29, 1.82) is 0 Å². The van der Waals surface area contributed by atoms with Crippen molar-refractivity contribution in [1.82, 2.24) is 15.3 Å². The van der Waals surface area contributed by atoms with E-state index >= 15 is 0 Å². The number of nitrogen functional groups attached to an aromatic ring is 2. The van der Waals surface area contributed by atoms with Crippen LogP contribution in [0.25, 0.3) is 10.9 Å². The molecular weight excluding hydrogens is 418 g/mol. The third-order valence-corrected chi connectivity index (χ3v) is 4.39. The Bertz CT molecular complexity index is 1210. The first-order chi connectivity index (χ1) is 15.2. The monoisotopic (exact) mass is 437 g/mol. The summed E-state index contributed by atoms with van der Waals surface area (Å²) in [4.78, 5) is 42.1. The van der Waals surface area contributed by atoms with E-state index in [1.54, 1.807) is 18.2 Å². The summed E-state index contributed by atoms with van der Waals surface area (Å²) in [6.07, 6.45) is -0.604. The maximum atomic E-state index is 12.3. The second-order valence-electron chi connectivity index (χ2n) is 6.71. The first-order valence-electron chi connectivity index (χ1n) is 9.33. The Balaban J connectivity index is 1.69. The number of nitrogens with one attached hydrogen (secondary N) is 1. The van der Waals surface area contributed by atoms with Crippen LogP contribution in [0.3, 0.4) is 0 Å². The highest BCUT2D eigenvalue weighted by molar-refractivity contribution is 5.97. The van der Waals surface area contributed by atoms with E-state index < -0.39 is 23.9 Å². The van der Waals surface area contributed by atoms with Crippen LogP contribution in [0.2, 0.25) is 0 Å². The minimum atomic E-state index is -1.31. The van der Waals surface area contributed by atoms with E-state index in [1.807, 2.05) is 0 Å². The molecule has 0 aliphatic rings. The highest BCUT2D eigenvalue weighted by Crippen LogP contribution is 2.26. The van der Waals surface area contributed by atoms with Crippen LogP contribution in [-0.2, 0) is 9.59 Å². The molecule has 32 heavy (non-hydrogen) atoms. The van der Waals surface area contributed by atoms with Crippen molar-refractivity contribution in [3.05, 3.63) is 48.0 Å². The molecule has 0 bridgehead atoms. The number of aromatic nitrogens is 2. The van der Waals surface area contributed by atoms with Crippen molar-refractivity contribution in [2.24, 2.45) is 10.2 Å². The minimum Gasteiger partial charge on any atom is -0.481 e. The number of nitrogens with two attached hydrogens (primary N) is 2. The lowest BCUT2D eigenvalue weighted by Gasteiger charge is -2.13. The number of carbonyl (C=O) groups excluding carboxylic acids is 1. The van der Waals surface area contributed by atoms with Crippen LogP contribution < -0.4 is 16.8 Å². The number of hydrogen-bond acceptors (Lipinski definition) is 9. The summed E-state index contributed by atoms with van der Waals surface area (Å²) in [5.41, 5.74) is 13.2. The van der Waals surface area contributed by atoms with E-state index in [-0.39, 0.29) is 30.2 Å². The highest BCUT2D eigenvalue weighted by Gasteiger charge is 2.21. The fourth-order valence-corrected chi connectivity index (χ4v) is 2.78. The summed E-state index contributed by atoms with van der Waals surface area (Å²) in [5.74, 6) is -2.80. The molecule has 1 heterocycles. The number of carboxylic acids is 2. The van der Waals surface area contributed by atoms with Crippen molar-refractivity contribution < 1.29 is 24.6 Å². The van der Waals surface area contributed by atoms with Gasteiger partial charge in [-0.05, 0) is 48.9 Å². The average Bonchev–Trinajstić information content (AvgIpc) is 2.75. The second-order valence-corrected chi connectivity index (χ2v) is 6.71. The molecule has 1 amide bonds. The normalized spacial score (nSPS) is 12.0. The molecular formula is C20H19N7O5. The van der Waals surface area contributed by atoms with E-state index in [9.17, 15) is 14.4 Å². The predicted octanol–water partition coefficient (Wildman–Crippen LogP) is 2.26. The molecule has 7 N–H and O–H groups in total. The Morgan fingerprint density at radius 2 is 1.62 bits per heavy atom. The first-order valence-corrected chi connectivity index (χ1v) is 9.33. The van der Waals surface area contributed by atoms with Gasteiger partial charge in [0.2, 0.25) is 5.95 Å². The summed E-state index contributed by atoms with van der Waals surface area (Å²) in [6.45, 7) is 0. The Morgan fingerprint density at radius 1 is 0.969 bits per heavy atom. The SMILES string of the molecule is Nc1nc(N)c2cc(N=Nc3ccc(C(=O)N[C@@H](CCC(=O)O)C(=O)O)cc3)ccc2n1. The average molecular weight is 437 g/mol. The number of azo groups is 1. The molecule has 3 rings (SSSR count). The summed E-state index contributed by atoms with van der Waals surface area (Å²) in [7, 11) is 0. The number of aliphatic carboxylic acids is 2. The summed E-state index contributed by atoms with van der Waals surface area (Å²) >= 11 is 0. The van der Waals surface area contributed by atoms with Crippen molar-refractivity contribution in [2.45, 2.75) is 18.9 Å². The Morgan fingerprint density at radius 3 is 2.28 bits per heavy atom. The van der Waals surface area contributed by atoms with Gasteiger partial charge in [-0.15, -0.1) is 0 Å². The smallest absolute Gasteiger partial charge is 0.326 e. The number of nitrogens with zero attached hydrogens (tertiary/aromatic N) is 4. The zero-order valence-electron chi connectivity index (χ0n) is 16.6. The van der Waals surface area contributed by atoms with Gasteiger partial charge in [-0.2, -0.15) is 15.2 Å². The molecule has 3 aromatic rings. The van der Waals surface area contributed by atoms with E-state index in [2.05, 4.69) is 25.5 Å². The van der Waals surface area contributed by atoms with Crippen LogP contribution in [-0.4, -0.2) is 44.1 Å². The molecule has 12 nitrogen and oxygen atoms in total. The van der Waals surface area contributed by atoms with Crippen LogP contribution in [0, 0.1) is 0 Å². The molecule has 0 saturated heterocycles. The lowest BCUT2D eigenvalue weighted by molar-refractivity contribution is -0.140. The number of anilines is 2. The van der Waals surface area contributed by atoms with Crippen LogP contribution >= 0.6 is 0 Å². The quantitative estimate of drug-likeness (QED) is 0.327. The predicted molar refractivity (Wildman–Crippen MR) is 115 cm³/mol. The fourth-order valence-electron chi connectivity index (χ4n) is 2.78. The minimum absolute atomic E-state index is 0.0741. The largest absolute Gasteiger partial charge is 0.481 e. The maximum absolute atomic E-state index is 12.3. The van der Waals surface area contributed by atoms with Gasteiger partial charge < -0.3 is 27.0 Å². The number of carbonyl (C=O) groups is 3. The molecule has 0 aliphatic heterocycles. The summed E-state index contributed by atoms with van der Waals surface area (Å²) in [6, 6.07) is 9.70. The van der Waals surface area contributed by atoms with Crippen molar-refractivity contribution in [2.75, 3.05) is 11.5 Å². The number of carboxylic acid groups (broad SMARTS) is 2. The van der Waals surface area contributed by atoms with Gasteiger partial charge in [0.05, 0.1) is 16.9 Å². The van der Waals surface area contributed by atoms with Crippen LogP contribution in [0.1, 0.15) is 23.2 Å². The van der Waals surface area contributed by atoms with E-state index in [1.165, 1.54) is 24.3 Å². The zero-order chi connectivity index (χ0) is 23.3. The maximum Gasteiger partial charge on any atom is 0.326 e. The lowest BCUT2D eigenvalue weighted by atomic mass is 10.1. The van der Waals surface area contributed by atoms with E-state index in [0.717, 1.165) is 0 Å². The molecule has 0 radical (unpaired) electrons. The lowest BCUT2D eigenvalue weighted by Crippen LogP contribution is -2.41. The summed E-state index contributed by atoms with van der Waals surface area (Å²) in [5, 5.41) is 28.9. The first kappa shape index (κ1) is 22.1. The van der Waals surface area contributed by atoms with Gasteiger partial charge in [0.25, 0.3) is 5.91 Å². The van der Waals surface area contributed by atoms with Gasteiger partial charge in [0, 0.05) is 17.4 Å². The third-order valence-electron chi connectivity index (χ3n) is 4.39. The fraction of sp³-hybridized carbons (Fsp3) is 0.150. The van der Waals surface area contributed by atoms with Crippen LogP contribution in [0.4, 0.5) is 23.1 Å². The molecule has 0 unspecified atom stereocenters. The molecule has 1 aromatic heterocycles. The van der Waals surface area contributed by atoms with Gasteiger partial charge in [0.1, 0.15) is 11.9 Å². The van der Waals surface area contributed by atoms with Gasteiger partial charge in [-0.25, -0.2) is 9.78 Å². The van der Waals surface area contributed by atoms with Gasteiger partial charge in [0.15, 0.2) is 0 Å². The molecule has 12 heteroatoms. The highest BCUT2D eigenvalue weighted by atomic mass is 16.4. The van der Waals surface area contributed by atoms with Crippen LogP contribution in [0.15, 0.2) is 52.7 Å². The topological polar surface area (TPSA) is 206 Å². The number of hydrogen-bond donors (Lipinski definition) is 5. The molecule has 0 fully saturated rings. The zero-order valence-corrected chi connectivity index (χ0v) is 16.6. The molecule has 0 spiro atoms. The van der Waals surface area contributed by atoms with E-state index in [4.69, 9.17) is 21.7 Å². The Kier molecular flexibility index (Phi) is 6.53. The van der Waals surface area contributed by atoms with Crippen LogP contribution in [0.5, 0.6) is 0 Å². The molecule has 164 valence electrons. The molecule has 2 aromatic carbocycles. The van der Waals surface area contributed by atoms with E-state index in [0.29, 0.717) is 22.3 Å². The summed E-state index contributed by atoms with van der Waals surface area (Å²) < 4.78 is 0. The van der Waals surface area contributed by atoms with Gasteiger partial charge >= 0.3 is 11.9 Å². The van der Waals surface area contributed by atoms with Crippen molar-refractivity contribution in [3.8, 4) is 0 Å². The van der Waals surface area contributed by atoms with Gasteiger partial charge in [-0.1, -0.05) is 0 Å². The Labute approximate surface area is 181 Å². The number of rotatable bonds is 8. The van der Waals surface area contributed by atoms with Crippen molar-refractivity contribution in [3.63, 3.8) is 0 Å². The molecule has 1 atom stereocenters.